The van der Waals surface area contributed by atoms with Crippen molar-refractivity contribution in [3.63, 3.8) is 0 Å². The van der Waals surface area contributed by atoms with E-state index in [1.54, 1.807) is 23.4 Å². The average Bonchev–Trinajstić information content (AvgIpc) is 2.94. The molecule has 0 saturated heterocycles. The van der Waals surface area contributed by atoms with E-state index >= 15 is 0 Å². The zero-order valence-corrected chi connectivity index (χ0v) is 9.91. The molecule has 4 heteroatoms. The zero-order valence-electron chi connectivity index (χ0n) is 9.91. The first-order valence-electron chi connectivity index (χ1n) is 5.65. The highest BCUT2D eigenvalue weighted by Crippen LogP contribution is 2.14. The molecule has 0 spiro atoms. The lowest BCUT2D eigenvalue weighted by Gasteiger charge is -2.01. The number of hydrogen-bond acceptors (Lipinski definition) is 3. The molecule has 0 saturated carbocycles. The van der Waals surface area contributed by atoms with Crippen LogP contribution in [-0.2, 0) is 0 Å². The highest BCUT2D eigenvalue weighted by molar-refractivity contribution is 5.80. The van der Waals surface area contributed by atoms with Gasteiger partial charge in [-0.2, -0.15) is 15.0 Å². The fourth-order valence-corrected chi connectivity index (χ4v) is 1.54. The van der Waals surface area contributed by atoms with Gasteiger partial charge in [0.25, 0.3) is 0 Å². The minimum atomic E-state index is 0.945. The molecule has 0 N–H and O–H groups in total. The molecule has 1 aromatic carbocycles. The number of nitrogens with zero attached hydrogens (tertiary/aromatic N) is 4. The Kier molecular flexibility index (Phi) is 3.45. The van der Waals surface area contributed by atoms with Crippen LogP contribution < -0.4 is 0 Å². The number of pyridine rings is 1. The van der Waals surface area contributed by atoms with Crippen molar-refractivity contribution in [2.45, 2.75) is 13.8 Å². The van der Waals surface area contributed by atoms with E-state index in [0.29, 0.717) is 0 Å². The Morgan fingerprint density at radius 2 is 1.71 bits per heavy atom. The summed E-state index contributed by atoms with van der Waals surface area (Å²) in [5.74, 6) is 0. The van der Waals surface area contributed by atoms with Crippen LogP contribution in [0.25, 0.3) is 16.6 Å². The van der Waals surface area contributed by atoms with Gasteiger partial charge in [-0.3, -0.25) is 4.98 Å². The maximum Gasteiger partial charge on any atom is 0.0864 e. The summed E-state index contributed by atoms with van der Waals surface area (Å²) in [5.41, 5.74) is 1.92. The first-order chi connectivity index (χ1) is 8.43. The molecular formula is C13H14N4. The van der Waals surface area contributed by atoms with Crippen molar-refractivity contribution in [1.29, 1.82) is 0 Å². The van der Waals surface area contributed by atoms with Gasteiger partial charge in [0.2, 0.25) is 0 Å². The van der Waals surface area contributed by atoms with Crippen LogP contribution in [0.5, 0.6) is 0 Å². The Labute approximate surface area is 99.9 Å². The molecule has 0 aliphatic rings. The van der Waals surface area contributed by atoms with Gasteiger partial charge >= 0.3 is 0 Å². The summed E-state index contributed by atoms with van der Waals surface area (Å²) >= 11 is 0. The maximum atomic E-state index is 4.25. The molecule has 0 aliphatic heterocycles. The molecule has 0 bridgehead atoms. The first-order valence-corrected chi connectivity index (χ1v) is 5.65. The lowest BCUT2D eigenvalue weighted by atomic mass is 10.2. The van der Waals surface area contributed by atoms with Crippen molar-refractivity contribution in [3.8, 4) is 5.69 Å². The number of hydrogen-bond donors (Lipinski definition) is 0. The van der Waals surface area contributed by atoms with Crippen LogP contribution in [0.4, 0.5) is 0 Å². The predicted octanol–water partition coefficient (Wildman–Crippen LogP) is 2.84. The fourth-order valence-electron chi connectivity index (χ4n) is 1.54. The molecule has 2 heterocycles. The van der Waals surface area contributed by atoms with Crippen LogP contribution in [-0.4, -0.2) is 20.0 Å². The first kappa shape index (κ1) is 11.3. The van der Waals surface area contributed by atoms with Crippen molar-refractivity contribution in [2.24, 2.45) is 0 Å². The molecule has 2 aromatic heterocycles. The van der Waals surface area contributed by atoms with Crippen molar-refractivity contribution in [1.82, 2.24) is 20.0 Å². The monoisotopic (exact) mass is 226 g/mol. The van der Waals surface area contributed by atoms with E-state index in [-0.39, 0.29) is 0 Å². The third-order valence-corrected chi connectivity index (χ3v) is 2.24. The van der Waals surface area contributed by atoms with Gasteiger partial charge in [0.1, 0.15) is 0 Å². The van der Waals surface area contributed by atoms with Crippen molar-refractivity contribution >= 4 is 10.9 Å². The topological polar surface area (TPSA) is 43.6 Å². The number of aromatic nitrogens is 4. The summed E-state index contributed by atoms with van der Waals surface area (Å²) in [7, 11) is 0. The van der Waals surface area contributed by atoms with Gasteiger partial charge < -0.3 is 0 Å². The van der Waals surface area contributed by atoms with Gasteiger partial charge in [-0.05, 0) is 24.3 Å². The van der Waals surface area contributed by atoms with Crippen molar-refractivity contribution < 1.29 is 0 Å². The lowest BCUT2D eigenvalue weighted by Crippen LogP contribution is -1.97. The average molecular weight is 226 g/mol. The quantitative estimate of drug-likeness (QED) is 0.640. The molecule has 0 atom stereocenters. The second-order valence-electron chi connectivity index (χ2n) is 3.20. The van der Waals surface area contributed by atoms with E-state index in [1.165, 1.54) is 0 Å². The number of rotatable bonds is 1. The van der Waals surface area contributed by atoms with Gasteiger partial charge in [0.05, 0.1) is 23.6 Å². The smallest absolute Gasteiger partial charge is 0.0864 e. The molecule has 86 valence electrons. The Balaban J connectivity index is 0.000000514. The third kappa shape index (κ3) is 2.30. The van der Waals surface area contributed by atoms with Gasteiger partial charge in [-0.25, -0.2) is 0 Å². The van der Waals surface area contributed by atoms with E-state index in [0.717, 1.165) is 16.6 Å². The van der Waals surface area contributed by atoms with Gasteiger partial charge in [-0.1, -0.05) is 19.9 Å². The lowest BCUT2D eigenvalue weighted by molar-refractivity contribution is 0.753. The van der Waals surface area contributed by atoms with E-state index in [4.69, 9.17) is 0 Å². The Morgan fingerprint density at radius 1 is 0.941 bits per heavy atom. The molecule has 0 amide bonds. The van der Waals surface area contributed by atoms with Crippen LogP contribution in [0.15, 0.2) is 48.9 Å². The number of fused-ring (bicyclic) bond motifs is 1. The summed E-state index contributed by atoms with van der Waals surface area (Å²) in [6, 6.07) is 9.88. The normalized spacial score (nSPS) is 9.76. The molecule has 0 aliphatic carbocycles. The standard InChI is InChI=1S/C11H8N4.C2H6/c1-2-9-8-10(15-13-6-7-14-15)3-4-11(9)12-5-1;1-2/h1-8H;1-2H3. The molecule has 3 rings (SSSR count). The van der Waals surface area contributed by atoms with E-state index in [1.807, 2.05) is 44.2 Å². The Morgan fingerprint density at radius 3 is 2.47 bits per heavy atom. The van der Waals surface area contributed by atoms with E-state index < -0.39 is 0 Å². The Hall–Kier alpha value is -2.23. The van der Waals surface area contributed by atoms with Gasteiger partial charge in [0, 0.05) is 11.6 Å². The molecular weight excluding hydrogens is 212 g/mol. The summed E-state index contributed by atoms with van der Waals surface area (Å²) in [4.78, 5) is 5.84. The summed E-state index contributed by atoms with van der Waals surface area (Å²) < 4.78 is 0. The van der Waals surface area contributed by atoms with Gasteiger partial charge in [-0.15, -0.1) is 0 Å². The van der Waals surface area contributed by atoms with Gasteiger partial charge in [0.15, 0.2) is 0 Å². The summed E-state index contributed by atoms with van der Waals surface area (Å²) in [6.45, 7) is 4.00. The van der Waals surface area contributed by atoms with E-state index in [2.05, 4.69) is 15.2 Å². The molecule has 0 unspecified atom stereocenters. The largest absolute Gasteiger partial charge is 0.256 e. The molecule has 0 radical (unpaired) electrons. The summed E-state index contributed by atoms with van der Waals surface area (Å²) in [5, 5.41) is 9.25. The summed E-state index contributed by atoms with van der Waals surface area (Å²) in [6.07, 6.45) is 5.11. The molecule has 3 aromatic rings. The highest BCUT2D eigenvalue weighted by Gasteiger charge is 1.99. The predicted molar refractivity (Wildman–Crippen MR) is 68.0 cm³/mol. The third-order valence-electron chi connectivity index (χ3n) is 2.24. The van der Waals surface area contributed by atoms with Crippen LogP contribution >= 0.6 is 0 Å². The Bertz CT molecular complexity index is 587. The minimum absolute atomic E-state index is 0.945. The van der Waals surface area contributed by atoms with Crippen molar-refractivity contribution in [3.05, 3.63) is 48.9 Å². The SMILES string of the molecule is CC.c1cnc2ccc(-n3nccn3)cc2c1. The van der Waals surface area contributed by atoms with Crippen LogP contribution in [0.1, 0.15) is 13.8 Å². The van der Waals surface area contributed by atoms with Crippen molar-refractivity contribution in [2.75, 3.05) is 0 Å². The molecule has 0 fully saturated rings. The number of benzene rings is 1. The highest BCUT2D eigenvalue weighted by atomic mass is 15.5. The molecule has 17 heavy (non-hydrogen) atoms. The zero-order chi connectivity index (χ0) is 12.1. The second kappa shape index (κ2) is 5.21. The second-order valence-corrected chi connectivity index (χ2v) is 3.20. The van der Waals surface area contributed by atoms with E-state index in [9.17, 15) is 0 Å². The van der Waals surface area contributed by atoms with Crippen LogP contribution in [0, 0.1) is 0 Å². The maximum absolute atomic E-state index is 4.25. The minimum Gasteiger partial charge on any atom is -0.256 e. The fraction of sp³-hybridized carbons (Fsp3) is 0.154. The van der Waals surface area contributed by atoms with Crippen LogP contribution in [0.2, 0.25) is 0 Å². The van der Waals surface area contributed by atoms with Crippen LogP contribution in [0.3, 0.4) is 0 Å². The molecule has 4 nitrogen and oxygen atoms in total.